The van der Waals surface area contributed by atoms with E-state index in [1.807, 2.05) is 55.5 Å². The second kappa shape index (κ2) is 10.1. The van der Waals surface area contributed by atoms with Gasteiger partial charge in [0.2, 0.25) is 5.88 Å². The van der Waals surface area contributed by atoms with E-state index in [1.165, 1.54) is 0 Å². The SMILES string of the molecule is CCOc1ccc(Oc2cc(CNC(=O)N(C)Cc3ccccn3)ccn2)cc1. The number of hydrogen-bond donors (Lipinski definition) is 1. The molecule has 0 aliphatic rings. The molecule has 0 atom stereocenters. The summed E-state index contributed by atoms with van der Waals surface area (Å²) < 4.78 is 11.2. The first kappa shape index (κ1) is 20.1. The number of hydrogen-bond acceptors (Lipinski definition) is 5. The number of urea groups is 1. The van der Waals surface area contributed by atoms with Crippen molar-refractivity contribution in [2.45, 2.75) is 20.0 Å². The van der Waals surface area contributed by atoms with Crippen LogP contribution >= 0.6 is 0 Å². The van der Waals surface area contributed by atoms with E-state index in [9.17, 15) is 4.79 Å². The fourth-order valence-electron chi connectivity index (χ4n) is 2.63. The Balaban J connectivity index is 1.53. The first-order valence-corrected chi connectivity index (χ1v) is 9.38. The monoisotopic (exact) mass is 392 g/mol. The normalized spacial score (nSPS) is 10.3. The summed E-state index contributed by atoms with van der Waals surface area (Å²) >= 11 is 0. The van der Waals surface area contributed by atoms with Gasteiger partial charge in [-0.25, -0.2) is 9.78 Å². The average Bonchev–Trinajstić information content (AvgIpc) is 2.74. The summed E-state index contributed by atoms with van der Waals surface area (Å²) in [6.07, 6.45) is 3.37. The van der Waals surface area contributed by atoms with Crippen molar-refractivity contribution in [3.8, 4) is 17.4 Å². The smallest absolute Gasteiger partial charge is 0.317 e. The van der Waals surface area contributed by atoms with Gasteiger partial charge < -0.3 is 19.7 Å². The van der Waals surface area contributed by atoms with Crippen LogP contribution in [0, 0.1) is 0 Å². The fraction of sp³-hybridized carbons (Fsp3) is 0.227. The van der Waals surface area contributed by atoms with E-state index in [1.54, 1.807) is 30.4 Å². The van der Waals surface area contributed by atoms with Gasteiger partial charge in [0, 0.05) is 32.1 Å². The minimum absolute atomic E-state index is 0.179. The van der Waals surface area contributed by atoms with Crippen molar-refractivity contribution in [1.82, 2.24) is 20.2 Å². The molecule has 3 rings (SSSR count). The number of amides is 2. The lowest BCUT2D eigenvalue weighted by atomic mass is 10.2. The van der Waals surface area contributed by atoms with Gasteiger partial charge in [-0.2, -0.15) is 0 Å². The lowest BCUT2D eigenvalue weighted by molar-refractivity contribution is 0.206. The summed E-state index contributed by atoms with van der Waals surface area (Å²) in [7, 11) is 1.73. The molecule has 7 nitrogen and oxygen atoms in total. The minimum Gasteiger partial charge on any atom is -0.494 e. The van der Waals surface area contributed by atoms with Crippen LogP contribution in [0.25, 0.3) is 0 Å². The molecule has 1 aromatic carbocycles. The minimum atomic E-state index is -0.179. The molecular formula is C22H24N4O3. The molecule has 0 aliphatic carbocycles. The maximum Gasteiger partial charge on any atom is 0.317 e. The van der Waals surface area contributed by atoms with Gasteiger partial charge in [-0.05, 0) is 55.0 Å². The van der Waals surface area contributed by atoms with Crippen LogP contribution in [0.4, 0.5) is 4.79 Å². The molecule has 1 N–H and O–H groups in total. The summed E-state index contributed by atoms with van der Waals surface area (Å²) in [6, 6.07) is 16.4. The van der Waals surface area contributed by atoms with Gasteiger partial charge in [0.1, 0.15) is 11.5 Å². The lowest BCUT2D eigenvalue weighted by Crippen LogP contribution is -2.36. The number of nitrogens with one attached hydrogen (secondary N) is 1. The van der Waals surface area contributed by atoms with Crippen molar-refractivity contribution < 1.29 is 14.3 Å². The third kappa shape index (κ3) is 6.21. The van der Waals surface area contributed by atoms with Crippen LogP contribution in [-0.4, -0.2) is 34.6 Å². The Bertz CT molecular complexity index is 917. The van der Waals surface area contributed by atoms with Gasteiger partial charge in [0.15, 0.2) is 0 Å². The Morgan fingerprint density at radius 1 is 1.03 bits per heavy atom. The van der Waals surface area contributed by atoms with Crippen LogP contribution in [0.2, 0.25) is 0 Å². The Hall–Kier alpha value is -3.61. The van der Waals surface area contributed by atoms with E-state index in [2.05, 4.69) is 15.3 Å². The van der Waals surface area contributed by atoms with E-state index in [4.69, 9.17) is 9.47 Å². The third-order valence-electron chi connectivity index (χ3n) is 4.07. The van der Waals surface area contributed by atoms with Crippen molar-refractivity contribution in [2.24, 2.45) is 0 Å². The summed E-state index contributed by atoms with van der Waals surface area (Å²) in [5.41, 5.74) is 1.72. The molecule has 2 aromatic heterocycles. The molecule has 7 heteroatoms. The lowest BCUT2D eigenvalue weighted by Gasteiger charge is -2.17. The standard InChI is InChI=1S/C22H24N4O3/c1-3-28-19-7-9-20(10-8-19)29-21-14-17(11-13-24-21)15-25-22(27)26(2)16-18-6-4-5-12-23-18/h4-14H,3,15-16H2,1-2H3,(H,25,27). The predicted octanol–water partition coefficient (Wildman–Crippen LogP) is 4.01. The van der Waals surface area contributed by atoms with Gasteiger partial charge >= 0.3 is 6.03 Å². The zero-order valence-electron chi connectivity index (χ0n) is 16.5. The highest BCUT2D eigenvalue weighted by Crippen LogP contribution is 2.23. The molecule has 2 amide bonds. The molecule has 0 spiro atoms. The molecule has 0 fully saturated rings. The Labute approximate surface area is 170 Å². The zero-order chi connectivity index (χ0) is 20.5. The van der Waals surface area contributed by atoms with Crippen LogP contribution in [0.3, 0.4) is 0 Å². The molecule has 0 bridgehead atoms. The number of aromatic nitrogens is 2. The number of pyridine rings is 2. The van der Waals surface area contributed by atoms with Gasteiger partial charge in [-0.3, -0.25) is 4.98 Å². The molecule has 0 unspecified atom stereocenters. The summed E-state index contributed by atoms with van der Waals surface area (Å²) in [5, 5.41) is 2.89. The maximum absolute atomic E-state index is 12.3. The highest BCUT2D eigenvalue weighted by molar-refractivity contribution is 5.73. The molecule has 29 heavy (non-hydrogen) atoms. The van der Waals surface area contributed by atoms with E-state index in [0.29, 0.717) is 31.3 Å². The van der Waals surface area contributed by atoms with E-state index >= 15 is 0 Å². The molecule has 0 saturated carbocycles. The van der Waals surface area contributed by atoms with Crippen LogP contribution in [0.15, 0.2) is 67.0 Å². The molecular weight excluding hydrogens is 368 g/mol. The average molecular weight is 392 g/mol. The van der Waals surface area contributed by atoms with Crippen molar-refractivity contribution in [1.29, 1.82) is 0 Å². The number of carbonyl (C=O) groups is 1. The summed E-state index contributed by atoms with van der Waals surface area (Å²) in [4.78, 5) is 22.4. The second-order valence-electron chi connectivity index (χ2n) is 6.34. The quantitative estimate of drug-likeness (QED) is 0.627. The second-order valence-corrected chi connectivity index (χ2v) is 6.34. The van der Waals surface area contributed by atoms with Crippen LogP contribution in [0.1, 0.15) is 18.2 Å². The van der Waals surface area contributed by atoms with Gasteiger partial charge in [-0.1, -0.05) is 6.07 Å². The van der Waals surface area contributed by atoms with Gasteiger partial charge in [-0.15, -0.1) is 0 Å². The van der Waals surface area contributed by atoms with Crippen molar-refractivity contribution >= 4 is 6.03 Å². The topological polar surface area (TPSA) is 76.6 Å². The molecule has 0 saturated heterocycles. The number of ether oxygens (including phenoxy) is 2. The molecule has 0 radical (unpaired) electrons. The van der Waals surface area contributed by atoms with Crippen molar-refractivity contribution in [3.05, 3.63) is 78.2 Å². The Kier molecular flexibility index (Phi) is 7.00. The third-order valence-corrected chi connectivity index (χ3v) is 4.07. The maximum atomic E-state index is 12.3. The van der Waals surface area contributed by atoms with E-state index < -0.39 is 0 Å². The fourth-order valence-corrected chi connectivity index (χ4v) is 2.63. The largest absolute Gasteiger partial charge is 0.494 e. The van der Waals surface area contributed by atoms with E-state index in [0.717, 1.165) is 17.0 Å². The number of rotatable bonds is 8. The Morgan fingerprint density at radius 2 is 1.83 bits per heavy atom. The number of nitrogens with zero attached hydrogens (tertiary/aromatic N) is 3. The van der Waals surface area contributed by atoms with Crippen molar-refractivity contribution in [2.75, 3.05) is 13.7 Å². The molecule has 3 aromatic rings. The van der Waals surface area contributed by atoms with Crippen LogP contribution < -0.4 is 14.8 Å². The van der Waals surface area contributed by atoms with Gasteiger partial charge in [0.25, 0.3) is 0 Å². The van der Waals surface area contributed by atoms with Crippen LogP contribution in [-0.2, 0) is 13.1 Å². The predicted molar refractivity (Wildman–Crippen MR) is 110 cm³/mol. The molecule has 150 valence electrons. The van der Waals surface area contributed by atoms with Crippen molar-refractivity contribution in [3.63, 3.8) is 0 Å². The van der Waals surface area contributed by atoms with Gasteiger partial charge in [0.05, 0.1) is 18.8 Å². The zero-order valence-corrected chi connectivity index (χ0v) is 16.5. The number of carbonyl (C=O) groups excluding carboxylic acids is 1. The summed E-state index contributed by atoms with van der Waals surface area (Å²) in [6.45, 7) is 3.37. The Morgan fingerprint density at radius 3 is 2.55 bits per heavy atom. The summed E-state index contributed by atoms with van der Waals surface area (Å²) in [5.74, 6) is 1.92. The molecule has 2 heterocycles. The number of benzene rings is 1. The van der Waals surface area contributed by atoms with E-state index in [-0.39, 0.29) is 6.03 Å². The highest BCUT2D eigenvalue weighted by Gasteiger charge is 2.10. The molecule has 0 aliphatic heterocycles. The van der Waals surface area contributed by atoms with Crippen LogP contribution in [0.5, 0.6) is 17.4 Å². The first-order chi connectivity index (χ1) is 14.1. The first-order valence-electron chi connectivity index (χ1n) is 9.38. The highest BCUT2D eigenvalue weighted by atomic mass is 16.5.